The van der Waals surface area contributed by atoms with Crippen molar-refractivity contribution in [1.29, 1.82) is 0 Å². The maximum absolute atomic E-state index is 11.7. The van der Waals surface area contributed by atoms with Crippen LogP contribution in [0.15, 0.2) is 24.3 Å². The third-order valence-electron chi connectivity index (χ3n) is 2.95. The number of carbonyl (C=O) groups excluding carboxylic acids is 1. The number of hydrogen-bond acceptors (Lipinski definition) is 4. The fourth-order valence-corrected chi connectivity index (χ4v) is 1.89. The van der Waals surface area contributed by atoms with E-state index < -0.39 is 4.92 Å². The topological polar surface area (TPSA) is 92.5 Å². The van der Waals surface area contributed by atoms with E-state index in [0.29, 0.717) is 12.1 Å². The number of amides is 1. The molecule has 0 aromatic heterocycles. The molecule has 0 saturated carbocycles. The molecule has 6 heteroatoms. The van der Waals surface area contributed by atoms with Crippen molar-refractivity contribution in [3.63, 3.8) is 0 Å². The lowest BCUT2D eigenvalue weighted by atomic mass is 10.1. The molecule has 1 aromatic rings. The molecule has 20 heavy (non-hydrogen) atoms. The molecule has 6 nitrogen and oxygen atoms in total. The molecule has 0 heterocycles. The van der Waals surface area contributed by atoms with Gasteiger partial charge in [0.15, 0.2) is 0 Å². The van der Waals surface area contributed by atoms with E-state index >= 15 is 0 Å². The van der Waals surface area contributed by atoms with Gasteiger partial charge >= 0.3 is 0 Å². The highest BCUT2D eigenvalue weighted by atomic mass is 16.6. The van der Waals surface area contributed by atoms with Gasteiger partial charge in [0.05, 0.1) is 11.3 Å². The van der Waals surface area contributed by atoms with Crippen molar-refractivity contribution < 1.29 is 14.8 Å². The van der Waals surface area contributed by atoms with Crippen molar-refractivity contribution in [3.05, 3.63) is 39.9 Å². The number of carbonyl (C=O) groups is 1. The summed E-state index contributed by atoms with van der Waals surface area (Å²) in [5.74, 6) is -0.207. The van der Waals surface area contributed by atoms with Gasteiger partial charge in [-0.1, -0.05) is 31.0 Å². The summed E-state index contributed by atoms with van der Waals surface area (Å²) >= 11 is 0. The van der Waals surface area contributed by atoms with Crippen LogP contribution in [0, 0.1) is 10.1 Å². The van der Waals surface area contributed by atoms with E-state index in [1.165, 1.54) is 6.07 Å². The van der Waals surface area contributed by atoms with Gasteiger partial charge < -0.3 is 10.4 Å². The van der Waals surface area contributed by atoms with Crippen LogP contribution in [0.25, 0.3) is 0 Å². The van der Waals surface area contributed by atoms with E-state index in [9.17, 15) is 14.9 Å². The quantitative estimate of drug-likeness (QED) is 0.410. The summed E-state index contributed by atoms with van der Waals surface area (Å²) in [6, 6.07) is 6.27. The van der Waals surface area contributed by atoms with Crippen molar-refractivity contribution in [2.75, 3.05) is 13.2 Å². The summed E-state index contributed by atoms with van der Waals surface area (Å²) in [6.07, 6.45) is 3.55. The minimum absolute atomic E-state index is 0.0216. The van der Waals surface area contributed by atoms with Gasteiger partial charge in [0.2, 0.25) is 5.91 Å². The van der Waals surface area contributed by atoms with E-state index in [2.05, 4.69) is 5.32 Å². The normalized spacial score (nSPS) is 10.2. The van der Waals surface area contributed by atoms with E-state index in [1.54, 1.807) is 18.2 Å². The Kier molecular flexibility index (Phi) is 7.27. The number of hydrogen-bond donors (Lipinski definition) is 2. The van der Waals surface area contributed by atoms with Crippen LogP contribution in [0.3, 0.4) is 0 Å². The average Bonchev–Trinajstić information content (AvgIpc) is 2.43. The van der Waals surface area contributed by atoms with E-state index in [-0.39, 0.29) is 24.6 Å². The van der Waals surface area contributed by atoms with Crippen LogP contribution >= 0.6 is 0 Å². The summed E-state index contributed by atoms with van der Waals surface area (Å²) in [5, 5.41) is 22.2. The first-order chi connectivity index (χ1) is 9.65. The van der Waals surface area contributed by atoms with Gasteiger partial charge in [0.1, 0.15) is 0 Å². The van der Waals surface area contributed by atoms with Gasteiger partial charge in [-0.3, -0.25) is 14.9 Å². The van der Waals surface area contributed by atoms with Crippen LogP contribution in [0.5, 0.6) is 0 Å². The summed E-state index contributed by atoms with van der Waals surface area (Å²) in [7, 11) is 0. The molecule has 0 aliphatic heterocycles. The van der Waals surface area contributed by atoms with Crippen molar-refractivity contribution in [2.45, 2.75) is 32.1 Å². The maximum atomic E-state index is 11.7. The van der Waals surface area contributed by atoms with E-state index in [1.807, 2.05) is 0 Å². The smallest absolute Gasteiger partial charge is 0.273 e. The molecule has 0 aliphatic rings. The van der Waals surface area contributed by atoms with Gasteiger partial charge in [-0.2, -0.15) is 0 Å². The molecule has 1 aromatic carbocycles. The molecule has 0 bridgehead atoms. The summed E-state index contributed by atoms with van der Waals surface area (Å²) < 4.78 is 0. The van der Waals surface area contributed by atoms with Crippen LogP contribution < -0.4 is 5.32 Å². The summed E-state index contributed by atoms with van der Waals surface area (Å²) in [4.78, 5) is 22.0. The monoisotopic (exact) mass is 280 g/mol. The first kappa shape index (κ1) is 16.1. The Balaban J connectivity index is 2.34. The van der Waals surface area contributed by atoms with Gasteiger partial charge in [-0.05, 0) is 12.8 Å². The number of aliphatic hydroxyl groups excluding tert-OH is 1. The second kappa shape index (κ2) is 9.03. The molecule has 0 aliphatic carbocycles. The van der Waals surface area contributed by atoms with Gasteiger partial charge in [0.25, 0.3) is 5.69 Å². The number of rotatable bonds is 9. The largest absolute Gasteiger partial charge is 0.396 e. The third kappa shape index (κ3) is 5.79. The number of nitrogens with zero attached hydrogens (tertiary/aromatic N) is 1. The van der Waals surface area contributed by atoms with Crippen molar-refractivity contribution in [3.8, 4) is 0 Å². The summed E-state index contributed by atoms with van der Waals surface area (Å²) in [6.45, 7) is 0.759. The Bertz CT molecular complexity index is 449. The zero-order chi connectivity index (χ0) is 14.8. The number of para-hydroxylation sites is 1. The molecule has 0 saturated heterocycles. The summed E-state index contributed by atoms with van der Waals surface area (Å²) in [5.41, 5.74) is 0.404. The molecule has 0 spiro atoms. The molecule has 0 unspecified atom stereocenters. The third-order valence-corrected chi connectivity index (χ3v) is 2.95. The fraction of sp³-hybridized carbons (Fsp3) is 0.500. The minimum Gasteiger partial charge on any atom is -0.396 e. The van der Waals surface area contributed by atoms with Crippen molar-refractivity contribution >= 4 is 11.6 Å². The highest BCUT2D eigenvalue weighted by Crippen LogP contribution is 2.17. The lowest BCUT2D eigenvalue weighted by molar-refractivity contribution is -0.385. The molecular weight excluding hydrogens is 260 g/mol. The maximum Gasteiger partial charge on any atom is 0.273 e. The fourth-order valence-electron chi connectivity index (χ4n) is 1.89. The molecule has 0 fully saturated rings. The standard InChI is InChI=1S/C14H20N2O4/c17-10-6-2-1-5-9-15-14(18)11-12-7-3-4-8-13(12)16(19)20/h3-4,7-8,17H,1-2,5-6,9-11H2,(H,15,18). The van der Waals surface area contributed by atoms with E-state index in [0.717, 1.165) is 25.7 Å². The number of nitrogens with one attached hydrogen (secondary N) is 1. The Morgan fingerprint density at radius 2 is 1.90 bits per heavy atom. The number of nitro benzene ring substituents is 1. The lowest BCUT2D eigenvalue weighted by Gasteiger charge is -2.05. The van der Waals surface area contributed by atoms with Gasteiger partial charge in [-0.15, -0.1) is 0 Å². The molecular formula is C14H20N2O4. The molecule has 2 N–H and O–H groups in total. The van der Waals surface area contributed by atoms with Crippen LogP contribution in [-0.2, 0) is 11.2 Å². The zero-order valence-electron chi connectivity index (χ0n) is 11.4. The number of nitro groups is 1. The van der Waals surface area contributed by atoms with Crippen LogP contribution in [0.4, 0.5) is 5.69 Å². The van der Waals surface area contributed by atoms with Crippen LogP contribution in [0.1, 0.15) is 31.2 Å². The van der Waals surface area contributed by atoms with E-state index in [4.69, 9.17) is 5.11 Å². The highest BCUT2D eigenvalue weighted by molar-refractivity contribution is 5.79. The zero-order valence-corrected chi connectivity index (χ0v) is 11.4. The highest BCUT2D eigenvalue weighted by Gasteiger charge is 2.14. The SMILES string of the molecule is O=C(Cc1ccccc1[N+](=O)[O-])NCCCCCCO. The molecule has 0 radical (unpaired) electrons. The molecule has 110 valence electrons. The number of aliphatic hydroxyl groups is 1. The Hall–Kier alpha value is -1.95. The first-order valence-corrected chi connectivity index (χ1v) is 6.75. The second-order valence-corrected chi connectivity index (χ2v) is 4.55. The van der Waals surface area contributed by atoms with Crippen LogP contribution in [0.2, 0.25) is 0 Å². The Labute approximate surface area is 118 Å². The molecule has 0 atom stereocenters. The first-order valence-electron chi connectivity index (χ1n) is 6.75. The predicted octanol–water partition coefficient (Wildman–Crippen LogP) is 1.81. The molecule has 1 amide bonds. The Morgan fingerprint density at radius 3 is 2.60 bits per heavy atom. The van der Waals surface area contributed by atoms with Crippen molar-refractivity contribution in [1.82, 2.24) is 5.32 Å². The Morgan fingerprint density at radius 1 is 1.20 bits per heavy atom. The second-order valence-electron chi connectivity index (χ2n) is 4.55. The lowest BCUT2D eigenvalue weighted by Crippen LogP contribution is -2.26. The number of unbranched alkanes of at least 4 members (excludes halogenated alkanes) is 3. The minimum atomic E-state index is -0.475. The average molecular weight is 280 g/mol. The number of benzene rings is 1. The van der Waals surface area contributed by atoms with Gasteiger partial charge in [-0.25, -0.2) is 0 Å². The predicted molar refractivity (Wildman–Crippen MR) is 75.4 cm³/mol. The molecule has 1 rings (SSSR count). The van der Waals surface area contributed by atoms with Crippen LogP contribution in [-0.4, -0.2) is 29.1 Å². The van der Waals surface area contributed by atoms with Gasteiger partial charge in [0, 0.05) is 24.8 Å². The van der Waals surface area contributed by atoms with Crippen molar-refractivity contribution in [2.24, 2.45) is 0 Å².